The van der Waals surface area contributed by atoms with E-state index in [2.05, 4.69) is 25.7 Å². The number of carboxylic acid groups (broad SMARTS) is 1. The summed E-state index contributed by atoms with van der Waals surface area (Å²) >= 11 is 0. The predicted molar refractivity (Wildman–Crippen MR) is 109 cm³/mol. The number of hydrogen-bond acceptors (Lipinski definition) is 2. The van der Waals surface area contributed by atoms with Crippen LogP contribution in [0, 0.1) is 29.1 Å². The topological polar surface area (TPSA) is 57.5 Å². The summed E-state index contributed by atoms with van der Waals surface area (Å²) < 4.78 is 0. The summed E-state index contributed by atoms with van der Waals surface area (Å²) in [7, 11) is 0. The quantitative estimate of drug-likeness (QED) is 0.650. The van der Waals surface area contributed by atoms with Crippen molar-refractivity contribution in [3.05, 3.63) is 48.1 Å². The van der Waals surface area contributed by atoms with Crippen LogP contribution in [0.3, 0.4) is 0 Å². The first kappa shape index (κ1) is 19.7. The van der Waals surface area contributed by atoms with Crippen LogP contribution in [0.2, 0.25) is 0 Å². The summed E-state index contributed by atoms with van der Waals surface area (Å²) in [6, 6.07) is 7.61. The Labute approximate surface area is 162 Å². The number of phenols is 1. The lowest BCUT2D eigenvalue weighted by molar-refractivity contribution is -0.132. The smallest absolute Gasteiger partial charge is 0.330 e. The molecular weight excluding hydrogens is 336 g/mol. The van der Waals surface area contributed by atoms with Gasteiger partial charge in [-0.05, 0) is 92.2 Å². The number of rotatable bonds is 4. The second-order valence-corrected chi connectivity index (χ2v) is 8.78. The van der Waals surface area contributed by atoms with Crippen molar-refractivity contribution in [3.8, 4) is 5.75 Å². The van der Waals surface area contributed by atoms with Crippen molar-refractivity contribution in [2.24, 2.45) is 29.1 Å². The van der Waals surface area contributed by atoms with Crippen LogP contribution in [0.15, 0.2) is 42.5 Å². The van der Waals surface area contributed by atoms with Crippen molar-refractivity contribution in [3.63, 3.8) is 0 Å². The first-order valence-electron chi connectivity index (χ1n) is 10.2. The van der Waals surface area contributed by atoms with Gasteiger partial charge in [0.2, 0.25) is 0 Å². The maximum absolute atomic E-state index is 9.60. The molecule has 4 saturated carbocycles. The molecule has 0 aromatic heterocycles. The monoisotopic (exact) mass is 368 g/mol. The van der Waals surface area contributed by atoms with E-state index in [1.54, 1.807) is 12.1 Å². The standard InChI is InChI=1S/C20H26O.C4H6O2/c1-2-20(8-7-14-3-5-19(21)6-4-14)17-10-15-9-16(12-17)13-18(20)11-15;1-3(2)4(5)6/h3-8,15-18,21H,2,9-13H2,1H3;1H2,2H3,(H,5,6). The Morgan fingerprint density at radius 1 is 1.11 bits per heavy atom. The number of carboxylic acids is 1. The molecule has 3 nitrogen and oxygen atoms in total. The minimum atomic E-state index is -0.935. The number of aliphatic carboxylic acids is 1. The van der Waals surface area contributed by atoms with E-state index in [1.165, 1.54) is 51.0 Å². The Bertz CT molecular complexity index is 674. The molecule has 4 aliphatic rings. The average molecular weight is 369 g/mol. The second-order valence-electron chi connectivity index (χ2n) is 8.78. The number of allylic oxidation sites excluding steroid dienone is 1. The van der Waals surface area contributed by atoms with Gasteiger partial charge in [0.15, 0.2) is 0 Å². The third-order valence-electron chi connectivity index (χ3n) is 7.11. The Morgan fingerprint density at radius 3 is 2.00 bits per heavy atom. The summed E-state index contributed by atoms with van der Waals surface area (Å²) in [5.74, 6) is 3.34. The van der Waals surface area contributed by atoms with E-state index in [0.29, 0.717) is 11.2 Å². The van der Waals surface area contributed by atoms with E-state index >= 15 is 0 Å². The maximum atomic E-state index is 9.60. The molecule has 0 amide bonds. The van der Waals surface area contributed by atoms with Crippen LogP contribution in [-0.4, -0.2) is 16.2 Å². The van der Waals surface area contributed by atoms with Gasteiger partial charge in [-0.3, -0.25) is 0 Å². The van der Waals surface area contributed by atoms with Gasteiger partial charge in [0.1, 0.15) is 5.75 Å². The fourth-order valence-electron chi connectivity index (χ4n) is 5.87. The predicted octanol–water partition coefficient (Wildman–Crippen LogP) is 5.91. The highest BCUT2D eigenvalue weighted by atomic mass is 16.4. The van der Waals surface area contributed by atoms with Gasteiger partial charge in [0.25, 0.3) is 0 Å². The molecule has 27 heavy (non-hydrogen) atoms. The first-order valence-corrected chi connectivity index (χ1v) is 10.2. The van der Waals surface area contributed by atoms with Crippen molar-refractivity contribution >= 4 is 12.0 Å². The van der Waals surface area contributed by atoms with Crippen molar-refractivity contribution in [1.29, 1.82) is 0 Å². The minimum Gasteiger partial charge on any atom is -0.508 e. The number of benzene rings is 1. The number of hydrogen-bond donors (Lipinski definition) is 2. The van der Waals surface area contributed by atoms with Crippen LogP contribution in [0.4, 0.5) is 0 Å². The molecule has 2 N–H and O–H groups in total. The number of phenolic OH excluding ortho intramolecular Hbond substituents is 1. The molecule has 4 aliphatic carbocycles. The molecular formula is C24H32O3. The summed E-state index contributed by atoms with van der Waals surface area (Å²) in [5.41, 5.74) is 1.84. The largest absolute Gasteiger partial charge is 0.508 e. The van der Waals surface area contributed by atoms with E-state index in [0.717, 1.165) is 23.7 Å². The second kappa shape index (κ2) is 7.92. The van der Waals surface area contributed by atoms with Crippen molar-refractivity contribution in [1.82, 2.24) is 0 Å². The fraction of sp³-hybridized carbons (Fsp3) is 0.542. The van der Waals surface area contributed by atoms with Gasteiger partial charge in [-0.2, -0.15) is 0 Å². The van der Waals surface area contributed by atoms with Crippen molar-refractivity contribution in [2.75, 3.05) is 0 Å². The molecule has 146 valence electrons. The van der Waals surface area contributed by atoms with E-state index in [4.69, 9.17) is 5.11 Å². The molecule has 0 aliphatic heterocycles. The van der Waals surface area contributed by atoms with E-state index in [1.807, 2.05) is 12.1 Å². The number of aromatic hydroxyl groups is 1. The fourth-order valence-corrected chi connectivity index (χ4v) is 5.87. The lowest BCUT2D eigenvalue weighted by atomic mass is 9.44. The lowest BCUT2D eigenvalue weighted by Crippen LogP contribution is -2.51. The van der Waals surface area contributed by atoms with Gasteiger partial charge in [0, 0.05) is 5.57 Å². The number of carbonyl (C=O) groups is 1. The zero-order valence-electron chi connectivity index (χ0n) is 16.5. The molecule has 0 radical (unpaired) electrons. The maximum Gasteiger partial charge on any atom is 0.330 e. The lowest BCUT2D eigenvalue weighted by Gasteiger charge is -2.60. The summed E-state index contributed by atoms with van der Waals surface area (Å²) in [4.78, 5) is 9.60. The Kier molecular flexibility index (Phi) is 5.78. The van der Waals surface area contributed by atoms with Crippen LogP contribution >= 0.6 is 0 Å². The van der Waals surface area contributed by atoms with Gasteiger partial charge >= 0.3 is 5.97 Å². The van der Waals surface area contributed by atoms with Crippen molar-refractivity contribution < 1.29 is 15.0 Å². The molecule has 0 unspecified atom stereocenters. The van der Waals surface area contributed by atoms with Gasteiger partial charge in [-0.15, -0.1) is 0 Å². The van der Waals surface area contributed by atoms with Crippen molar-refractivity contribution in [2.45, 2.75) is 52.4 Å². The van der Waals surface area contributed by atoms with Gasteiger partial charge in [-0.1, -0.05) is 37.8 Å². The van der Waals surface area contributed by atoms with Gasteiger partial charge in [-0.25, -0.2) is 4.79 Å². The van der Waals surface area contributed by atoms with Crippen LogP contribution in [0.5, 0.6) is 5.75 Å². The van der Waals surface area contributed by atoms with Gasteiger partial charge < -0.3 is 10.2 Å². The summed E-state index contributed by atoms with van der Waals surface area (Å²) in [6.45, 7) is 6.99. The summed E-state index contributed by atoms with van der Waals surface area (Å²) in [6.07, 6.45) is 13.6. The zero-order valence-corrected chi connectivity index (χ0v) is 16.5. The molecule has 3 heteroatoms. The van der Waals surface area contributed by atoms with Crippen LogP contribution in [-0.2, 0) is 4.79 Å². The molecule has 1 aromatic carbocycles. The van der Waals surface area contributed by atoms with Crippen LogP contribution in [0.1, 0.15) is 57.9 Å². The first-order chi connectivity index (χ1) is 12.8. The molecule has 5 rings (SSSR count). The van der Waals surface area contributed by atoms with Crippen LogP contribution < -0.4 is 0 Å². The highest BCUT2D eigenvalue weighted by molar-refractivity contribution is 5.84. The van der Waals surface area contributed by atoms with Crippen LogP contribution in [0.25, 0.3) is 6.08 Å². The zero-order chi connectivity index (χ0) is 19.6. The molecule has 0 atom stereocenters. The Balaban J connectivity index is 0.000000307. The van der Waals surface area contributed by atoms with E-state index < -0.39 is 5.97 Å². The van der Waals surface area contributed by atoms with E-state index in [-0.39, 0.29) is 5.57 Å². The Hall–Kier alpha value is -2.03. The third-order valence-corrected chi connectivity index (χ3v) is 7.11. The molecule has 4 fully saturated rings. The van der Waals surface area contributed by atoms with E-state index in [9.17, 15) is 9.90 Å². The Morgan fingerprint density at radius 2 is 1.59 bits per heavy atom. The average Bonchev–Trinajstić information content (AvgIpc) is 2.63. The molecule has 0 spiro atoms. The normalized spacial score (nSPS) is 33.6. The molecule has 0 heterocycles. The highest BCUT2D eigenvalue weighted by Gasteiger charge is 2.54. The molecule has 0 saturated heterocycles. The SMILES string of the molecule is C=C(C)C(=O)O.CCC1(C=Cc2ccc(O)cc2)C2CC3CC(C2)CC1C3. The van der Waals surface area contributed by atoms with Gasteiger partial charge in [0.05, 0.1) is 0 Å². The highest BCUT2D eigenvalue weighted by Crippen LogP contribution is 2.64. The summed E-state index contributed by atoms with van der Waals surface area (Å²) in [5, 5.41) is 17.3. The minimum absolute atomic E-state index is 0.176. The molecule has 1 aromatic rings. The third kappa shape index (κ3) is 4.12. The molecule has 4 bridgehead atoms.